The lowest BCUT2D eigenvalue weighted by atomic mass is 10.1. The molecule has 2 nitrogen and oxygen atoms in total. The quantitative estimate of drug-likeness (QED) is 0.534. The van der Waals surface area contributed by atoms with E-state index in [4.69, 9.17) is 0 Å². The zero-order valence-electron chi connectivity index (χ0n) is 12.6. The topological polar surface area (TPSA) is 29.1 Å². The number of carbonyl (C=O) groups is 1. The van der Waals surface area contributed by atoms with E-state index in [1.807, 2.05) is 0 Å². The third-order valence-corrected chi connectivity index (χ3v) is 3.35. The summed E-state index contributed by atoms with van der Waals surface area (Å²) >= 11 is 0. The molecule has 1 rings (SSSR count). The first-order valence-electron chi connectivity index (χ1n) is 7.51. The van der Waals surface area contributed by atoms with Gasteiger partial charge in [-0.25, -0.2) is 4.39 Å². The van der Waals surface area contributed by atoms with E-state index in [1.54, 1.807) is 0 Å². The summed E-state index contributed by atoms with van der Waals surface area (Å²) in [5.41, 5.74) is -1.46. The molecule has 6 heteroatoms. The molecule has 0 fully saturated rings. The van der Waals surface area contributed by atoms with Gasteiger partial charge in [0.1, 0.15) is 5.82 Å². The van der Waals surface area contributed by atoms with E-state index in [1.165, 1.54) is 6.42 Å². The van der Waals surface area contributed by atoms with Crippen molar-refractivity contribution in [2.75, 3.05) is 6.54 Å². The van der Waals surface area contributed by atoms with Gasteiger partial charge in [-0.1, -0.05) is 39.0 Å². The van der Waals surface area contributed by atoms with Crippen molar-refractivity contribution < 1.29 is 22.4 Å². The normalized spacial score (nSPS) is 11.5. The number of unbranched alkanes of at least 4 members (excludes halogenated alkanes) is 5. The molecule has 0 heterocycles. The monoisotopic (exact) mass is 319 g/mol. The standard InChI is InChI=1S/C16H21F4NO/c1-2-3-4-5-6-7-10-21-15(22)12-8-9-13(14(17)11-12)16(18,19)20/h8-9,11H,2-7,10H2,1H3,(H,21,22). The van der Waals surface area contributed by atoms with Crippen LogP contribution in [0.4, 0.5) is 17.6 Å². The van der Waals surface area contributed by atoms with E-state index < -0.39 is 23.5 Å². The fraction of sp³-hybridized carbons (Fsp3) is 0.562. The maximum Gasteiger partial charge on any atom is 0.419 e. The molecule has 0 unspecified atom stereocenters. The van der Waals surface area contributed by atoms with Gasteiger partial charge in [-0.15, -0.1) is 0 Å². The second kappa shape index (κ2) is 8.76. The molecule has 124 valence electrons. The van der Waals surface area contributed by atoms with Crippen LogP contribution in [0.25, 0.3) is 0 Å². The summed E-state index contributed by atoms with van der Waals surface area (Å²) < 4.78 is 50.6. The fourth-order valence-electron chi connectivity index (χ4n) is 2.10. The highest BCUT2D eigenvalue weighted by Crippen LogP contribution is 2.31. The van der Waals surface area contributed by atoms with Gasteiger partial charge >= 0.3 is 6.18 Å². The van der Waals surface area contributed by atoms with Crippen LogP contribution in [0, 0.1) is 5.82 Å². The summed E-state index contributed by atoms with van der Waals surface area (Å²) in [6.07, 6.45) is 1.65. The van der Waals surface area contributed by atoms with Crippen LogP contribution in [0.1, 0.15) is 61.4 Å². The first kappa shape index (κ1) is 18.5. The summed E-state index contributed by atoms with van der Waals surface area (Å²) in [6.45, 7) is 2.57. The summed E-state index contributed by atoms with van der Waals surface area (Å²) in [4.78, 5) is 11.7. The largest absolute Gasteiger partial charge is 0.419 e. The number of alkyl halides is 3. The first-order valence-corrected chi connectivity index (χ1v) is 7.51. The van der Waals surface area contributed by atoms with Gasteiger partial charge in [-0.3, -0.25) is 4.79 Å². The van der Waals surface area contributed by atoms with Gasteiger partial charge in [-0.2, -0.15) is 13.2 Å². The van der Waals surface area contributed by atoms with Crippen LogP contribution in [-0.4, -0.2) is 12.5 Å². The van der Waals surface area contributed by atoms with Crippen molar-refractivity contribution >= 4 is 5.91 Å². The van der Waals surface area contributed by atoms with E-state index in [0.717, 1.165) is 38.2 Å². The van der Waals surface area contributed by atoms with Crippen molar-refractivity contribution in [2.24, 2.45) is 0 Å². The third kappa shape index (κ3) is 6.03. The summed E-state index contributed by atoms with van der Waals surface area (Å²) in [5.74, 6) is -1.99. The Balaban J connectivity index is 2.42. The van der Waals surface area contributed by atoms with Gasteiger partial charge in [0.2, 0.25) is 0 Å². The Labute approximate surface area is 127 Å². The van der Waals surface area contributed by atoms with Crippen molar-refractivity contribution in [1.82, 2.24) is 5.32 Å². The lowest BCUT2D eigenvalue weighted by Gasteiger charge is -2.10. The second-order valence-electron chi connectivity index (χ2n) is 5.22. The van der Waals surface area contributed by atoms with Crippen LogP contribution in [0.15, 0.2) is 18.2 Å². The minimum absolute atomic E-state index is 0.100. The third-order valence-electron chi connectivity index (χ3n) is 3.35. The maximum absolute atomic E-state index is 13.4. The number of hydrogen-bond donors (Lipinski definition) is 1. The molecule has 0 aliphatic rings. The van der Waals surface area contributed by atoms with Crippen molar-refractivity contribution in [3.05, 3.63) is 35.1 Å². The molecule has 0 aromatic heterocycles. The van der Waals surface area contributed by atoms with Crippen molar-refractivity contribution in [1.29, 1.82) is 0 Å². The maximum atomic E-state index is 13.4. The van der Waals surface area contributed by atoms with Crippen LogP contribution in [-0.2, 0) is 6.18 Å². The fourth-order valence-corrected chi connectivity index (χ4v) is 2.10. The zero-order valence-corrected chi connectivity index (χ0v) is 12.6. The van der Waals surface area contributed by atoms with Crippen LogP contribution in [0.3, 0.4) is 0 Å². The number of nitrogens with one attached hydrogen (secondary N) is 1. The molecule has 22 heavy (non-hydrogen) atoms. The van der Waals surface area contributed by atoms with E-state index in [2.05, 4.69) is 12.2 Å². The minimum Gasteiger partial charge on any atom is -0.352 e. The van der Waals surface area contributed by atoms with Gasteiger partial charge in [0.15, 0.2) is 0 Å². The number of rotatable bonds is 8. The highest BCUT2D eigenvalue weighted by Gasteiger charge is 2.34. The molecule has 0 bridgehead atoms. The Morgan fingerprint density at radius 2 is 1.73 bits per heavy atom. The average Bonchev–Trinajstić information content (AvgIpc) is 2.44. The number of amides is 1. The molecule has 0 aliphatic carbocycles. The molecule has 1 N–H and O–H groups in total. The highest BCUT2D eigenvalue weighted by atomic mass is 19.4. The van der Waals surface area contributed by atoms with Crippen LogP contribution in [0.5, 0.6) is 0 Å². The molecular formula is C16H21F4NO. The molecule has 1 aromatic carbocycles. The Bertz CT molecular complexity index is 486. The van der Waals surface area contributed by atoms with Gasteiger partial charge in [0, 0.05) is 12.1 Å². The van der Waals surface area contributed by atoms with Crippen LogP contribution < -0.4 is 5.32 Å². The lowest BCUT2D eigenvalue weighted by Crippen LogP contribution is -2.24. The smallest absolute Gasteiger partial charge is 0.352 e. The zero-order chi connectivity index (χ0) is 16.6. The Morgan fingerprint density at radius 3 is 2.32 bits per heavy atom. The minimum atomic E-state index is -4.75. The molecule has 0 spiro atoms. The lowest BCUT2D eigenvalue weighted by molar-refractivity contribution is -0.140. The van der Waals surface area contributed by atoms with Crippen molar-refractivity contribution in [3.63, 3.8) is 0 Å². The van der Waals surface area contributed by atoms with E-state index in [-0.39, 0.29) is 5.56 Å². The van der Waals surface area contributed by atoms with E-state index in [9.17, 15) is 22.4 Å². The van der Waals surface area contributed by atoms with Crippen molar-refractivity contribution in [2.45, 2.75) is 51.6 Å². The van der Waals surface area contributed by atoms with E-state index in [0.29, 0.717) is 18.7 Å². The van der Waals surface area contributed by atoms with Crippen LogP contribution in [0.2, 0.25) is 0 Å². The first-order chi connectivity index (χ1) is 10.4. The number of benzene rings is 1. The Morgan fingerprint density at radius 1 is 1.09 bits per heavy atom. The molecular weight excluding hydrogens is 298 g/mol. The highest BCUT2D eigenvalue weighted by molar-refractivity contribution is 5.94. The average molecular weight is 319 g/mol. The summed E-state index contributed by atoms with van der Waals surface area (Å²) in [6, 6.07) is 2.21. The van der Waals surface area contributed by atoms with Crippen LogP contribution >= 0.6 is 0 Å². The molecule has 1 amide bonds. The van der Waals surface area contributed by atoms with Gasteiger partial charge in [0.05, 0.1) is 5.56 Å². The number of halogens is 4. The molecule has 0 saturated heterocycles. The van der Waals surface area contributed by atoms with Gasteiger partial charge in [0.25, 0.3) is 5.91 Å². The number of carbonyl (C=O) groups excluding carboxylic acids is 1. The second-order valence-corrected chi connectivity index (χ2v) is 5.22. The molecule has 0 saturated carbocycles. The molecule has 1 aromatic rings. The van der Waals surface area contributed by atoms with Gasteiger partial charge in [-0.05, 0) is 24.6 Å². The predicted molar refractivity (Wildman–Crippen MR) is 77.1 cm³/mol. The summed E-state index contributed by atoms with van der Waals surface area (Å²) in [5, 5.41) is 2.59. The number of hydrogen-bond acceptors (Lipinski definition) is 1. The molecule has 0 aliphatic heterocycles. The van der Waals surface area contributed by atoms with E-state index >= 15 is 0 Å². The Kier molecular flexibility index (Phi) is 7.35. The molecule has 0 radical (unpaired) electrons. The SMILES string of the molecule is CCCCCCCCNC(=O)c1ccc(C(F)(F)F)c(F)c1. The summed E-state index contributed by atoms with van der Waals surface area (Å²) in [7, 11) is 0. The van der Waals surface area contributed by atoms with Gasteiger partial charge < -0.3 is 5.32 Å². The molecule has 0 atom stereocenters. The Hall–Kier alpha value is -1.59. The predicted octanol–water partition coefficient (Wildman–Crippen LogP) is 4.93. The van der Waals surface area contributed by atoms with Crippen molar-refractivity contribution in [3.8, 4) is 0 Å².